The molecule has 0 amide bonds. The molecule has 0 saturated heterocycles. The number of fused-ring (bicyclic) bond motifs is 1. The number of nitrogens with one attached hydrogen (secondary N) is 3. The summed E-state index contributed by atoms with van der Waals surface area (Å²) in [7, 11) is -4.29. The molecule has 3 N–H and O–H groups in total. The quantitative estimate of drug-likeness (QED) is 0.518. The van der Waals surface area contributed by atoms with Crippen molar-refractivity contribution >= 4 is 26.9 Å². The number of alkyl halides is 3. The van der Waals surface area contributed by atoms with E-state index in [1.165, 1.54) is 6.07 Å². The van der Waals surface area contributed by atoms with E-state index in [-0.39, 0.29) is 28.3 Å². The summed E-state index contributed by atoms with van der Waals surface area (Å²) < 4.78 is 68.5. The second kappa shape index (κ2) is 7.48. The van der Waals surface area contributed by atoms with Crippen molar-refractivity contribution < 1.29 is 26.3 Å². The number of nitrogens with zero attached hydrogens (tertiary/aromatic N) is 1. The summed E-state index contributed by atoms with van der Waals surface area (Å²) in [5.41, 5.74) is -1.67. The third kappa shape index (κ3) is 4.62. The number of ether oxygens (including phenoxy) is 1. The zero-order chi connectivity index (χ0) is 22.3. The molecule has 13 heteroatoms. The fraction of sp³-hybridized carbons (Fsp3) is 0.235. The predicted octanol–water partition coefficient (Wildman–Crippen LogP) is 2.43. The van der Waals surface area contributed by atoms with Gasteiger partial charge in [-0.25, -0.2) is 4.98 Å². The molecule has 0 aliphatic heterocycles. The van der Waals surface area contributed by atoms with Crippen molar-refractivity contribution in [1.29, 1.82) is 0 Å². The summed E-state index contributed by atoms with van der Waals surface area (Å²) >= 11 is 0. The Balaban J connectivity index is 2.02. The lowest BCUT2D eigenvalue weighted by Crippen LogP contribution is -2.29. The molecular weight excluding hydrogens is 429 g/mol. The molecule has 30 heavy (non-hydrogen) atoms. The zero-order valence-corrected chi connectivity index (χ0v) is 16.3. The van der Waals surface area contributed by atoms with Gasteiger partial charge in [-0.05, 0) is 41.8 Å². The van der Waals surface area contributed by atoms with Crippen LogP contribution in [-0.4, -0.2) is 29.7 Å². The van der Waals surface area contributed by atoms with Gasteiger partial charge in [0.25, 0.3) is 10.0 Å². The number of sulfonamides is 1. The van der Waals surface area contributed by atoms with Gasteiger partial charge in [0, 0.05) is 5.69 Å². The maximum absolute atomic E-state index is 12.9. The molecule has 0 aliphatic carbocycles. The molecule has 0 radical (unpaired) electrons. The third-order valence-electron chi connectivity index (χ3n) is 3.92. The van der Waals surface area contributed by atoms with Crippen molar-refractivity contribution in [3.05, 3.63) is 56.6 Å². The molecule has 9 nitrogen and oxygen atoms in total. The van der Waals surface area contributed by atoms with Crippen LogP contribution < -0.4 is 20.6 Å². The highest BCUT2D eigenvalue weighted by atomic mass is 32.2. The Labute approximate surface area is 167 Å². The number of aromatic nitrogens is 3. The van der Waals surface area contributed by atoms with Crippen molar-refractivity contribution in [3.63, 3.8) is 0 Å². The molecule has 0 fully saturated rings. The minimum Gasteiger partial charge on any atom is -0.406 e. The highest BCUT2D eigenvalue weighted by molar-refractivity contribution is 7.92. The van der Waals surface area contributed by atoms with Crippen LogP contribution in [-0.2, 0) is 10.0 Å². The summed E-state index contributed by atoms with van der Waals surface area (Å²) in [6.45, 7) is 3.41. The van der Waals surface area contributed by atoms with Crippen LogP contribution in [0.1, 0.15) is 25.3 Å². The van der Waals surface area contributed by atoms with Crippen LogP contribution >= 0.6 is 0 Å². The lowest BCUT2D eigenvalue weighted by Gasteiger charge is -2.15. The average molecular weight is 444 g/mol. The molecule has 1 aromatic carbocycles. The fourth-order valence-corrected chi connectivity index (χ4v) is 3.96. The van der Waals surface area contributed by atoms with Gasteiger partial charge < -0.3 is 14.7 Å². The molecule has 0 unspecified atom stereocenters. The summed E-state index contributed by atoms with van der Waals surface area (Å²) in [6.07, 6.45) is -4.87. The lowest BCUT2D eigenvalue weighted by molar-refractivity contribution is -0.274. The van der Waals surface area contributed by atoms with Crippen LogP contribution in [0.3, 0.4) is 0 Å². The summed E-state index contributed by atoms with van der Waals surface area (Å²) in [4.78, 5) is 31.6. The number of halogens is 3. The zero-order valence-electron chi connectivity index (χ0n) is 15.5. The number of anilines is 1. The van der Waals surface area contributed by atoms with Gasteiger partial charge in [0.15, 0.2) is 10.7 Å². The summed E-state index contributed by atoms with van der Waals surface area (Å²) in [6, 6.07) is 5.47. The van der Waals surface area contributed by atoms with E-state index in [4.69, 9.17) is 0 Å². The second-order valence-electron chi connectivity index (χ2n) is 6.52. The topological polar surface area (TPSA) is 134 Å². The van der Waals surface area contributed by atoms with Crippen LogP contribution in [0.4, 0.5) is 18.9 Å². The number of pyridine rings is 1. The minimum absolute atomic E-state index is 0.0314. The predicted molar refractivity (Wildman–Crippen MR) is 101 cm³/mol. The number of hydrogen-bond acceptors (Lipinski definition) is 6. The highest BCUT2D eigenvalue weighted by Crippen LogP contribution is 2.28. The molecule has 160 valence electrons. The Morgan fingerprint density at radius 3 is 2.23 bits per heavy atom. The highest BCUT2D eigenvalue weighted by Gasteiger charge is 2.31. The Morgan fingerprint density at radius 1 is 1.07 bits per heavy atom. The van der Waals surface area contributed by atoms with Crippen molar-refractivity contribution in [2.24, 2.45) is 0 Å². The number of benzene rings is 1. The first-order valence-corrected chi connectivity index (χ1v) is 9.90. The van der Waals surface area contributed by atoms with Gasteiger partial charge >= 0.3 is 17.5 Å². The molecule has 2 aromatic heterocycles. The van der Waals surface area contributed by atoms with Gasteiger partial charge in [-0.15, -0.1) is 13.2 Å². The van der Waals surface area contributed by atoms with Gasteiger partial charge in [0.1, 0.15) is 5.75 Å². The van der Waals surface area contributed by atoms with Crippen molar-refractivity contribution in [1.82, 2.24) is 15.0 Å². The maximum atomic E-state index is 12.9. The van der Waals surface area contributed by atoms with Crippen LogP contribution in [0.5, 0.6) is 5.75 Å². The Bertz CT molecular complexity index is 1310. The Hall–Kier alpha value is -3.35. The summed E-state index contributed by atoms with van der Waals surface area (Å²) in [5, 5.41) is -0.400. The average Bonchev–Trinajstić information content (AvgIpc) is 2.62. The first-order chi connectivity index (χ1) is 13.9. The van der Waals surface area contributed by atoms with E-state index in [0.717, 1.165) is 24.3 Å². The van der Waals surface area contributed by atoms with Crippen LogP contribution in [0.25, 0.3) is 11.2 Å². The van der Waals surface area contributed by atoms with Gasteiger partial charge in [0.2, 0.25) is 0 Å². The van der Waals surface area contributed by atoms with E-state index in [9.17, 15) is 31.2 Å². The van der Waals surface area contributed by atoms with Crippen molar-refractivity contribution in [3.8, 4) is 5.75 Å². The fourth-order valence-electron chi connectivity index (χ4n) is 2.60. The maximum Gasteiger partial charge on any atom is 0.573 e. The molecule has 3 aromatic rings. The standard InChI is InChI=1S/C17H15F3N4O5S/c1-8(2)11-7-12-13(22-15(26)14(25)21-12)23-16(11)30(27,28)24-9-3-5-10(6-4-9)29-17(18,19)20/h3-8,24H,1-2H3,(H,21,25)(H,22,23,26). The molecule has 0 aliphatic rings. The molecular formula is C17H15F3N4O5S. The van der Waals surface area contributed by atoms with Crippen LogP contribution in [0.15, 0.2) is 44.9 Å². The Morgan fingerprint density at radius 2 is 1.67 bits per heavy atom. The largest absolute Gasteiger partial charge is 0.573 e. The molecule has 0 saturated carbocycles. The van der Waals surface area contributed by atoms with E-state index < -0.39 is 38.3 Å². The SMILES string of the molecule is CC(C)c1cc2[nH]c(=O)c(=O)[nH]c2nc1S(=O)(=O)Nc1ccc(OC(F)(F)F)cc1. The Kier molecular flexibility index (Phi) is 5.33. The number of H-pyrrole nitrogens is 2. The van der Waals surface area contributed by atoms with E-state index in [2.05, 4.69) is 24.4 Å². The van der Waals surface area contributed by atoms with E-state index in [1.807, 2.05) is 0 Å². The van der Waals surface area contributed by atoms with Crippen molar-refractivity contribution in [2.75, 3.05) is 4.72 Å². The van der Waals surface area contributed by atoms with E-state index in [1.54, 1.807) is 13.8 Å². The third-order valence-corrected chi connectivity index (χ3v) is 5.26. The number of aromatic amines is 2. The van der Waals surface area contributed by atoms with Gasteiger partial charge in [-0.2, -0.15) is 8.42 Å². The monoisotopic (exact) mass is 444 g/mol. The minimum atomic E-state index is -4.87. The molecule has 2 heterocycles. The first kappa shape index (κ1) is 21.4. The second-order valence-corrected chi connectivity index (χ2v) is 8.12. The lowest BCUT2D eigenvalue weighted by atomic mass is 10.1. The first-order valence-electron chi connectivity index (χ1n) is 8.41. The van der Waals surface area contributed by atoms with Gasteiger partial charge in [-0.3, -0.25) is 14.3 Å². The molecule has 0 bridgehead atoms. The van der Waals surface area contributed by atoms with Gasteiger partial charge in [0.05, 0.1) is 5.52 Å². The number of hydrogen-bond donors (Lipinski definition) is 3. The summed E-state index contributed by atoms with van der Waals surface area (Å²) in [5.74, 6) is -0.842. The van der Waals surface area contributed by atoms with Gasteiger partial charge in [-0.1, -0.05) is 13.8 Å². The van der Waals surface area contributed by atoms with Crippen molar-refractivity contribution in [2.45, 2.75) is 31.2 Å². The van der Waals surface area contributed by atoms with E-state index >= 15 is 0 Å². The number of rotatable bonds is 5. The smallest absolute Gasteiger partial charge is 0.406 e. The van der Waals surface area contributed by atoms with E-state index in [0.29, 0.717) is 0 Å². The van der Waals surface area contributed by atoms with Crippen LogP contribution in [0, 0.1) is 0 Å². The molecule has 0 spiro atoms. The molecule has 3 rings (SSSR count). The normalized spacial score (nSPS) is 12.3. The van der Waals surface area contributed by atoms with Crippen LogP contribution in [0.2, 0.25) is 0 Å². The molecule has 0 atom stereocenters.